The Labute approximate surface area is 136 Å². The predicted octanol–water partition coefficient (Wildman–Crippen LogP) is 3.34. The van der Waals surface area contributed by atoms with Crippen LogP contribution < -0.4 is 4.90 Å². The summed E-state index contributed by atoms with van der Waals surface area (Å²) < 4.78 is 2.06. The van der Waals surface area contributed by atoms with E-state index in [0.717, 1.165) is 47.6 Å². The molecular weight excluding hydrogens is 286 g/mol. The van der Waals surface area contributed by atoms with Crippen molar-refractivity contribution in [1.82, 2.24) is 19.4 Å². The number of fused-ring (bicyclic) bond motifs is 1. The maximum absolute atomic E-state index is 4.90. The molecule has 1 fully saturated rings. The Morgan fingerprint density at radius 3 is 2.96 bits per heavy atom. The van der Waals surface area contributed by atoms with Gasteiger partial charge in [-0.2, -0.15) is 0 Å². The zero-order valence-corrected chi connectivity index (χ0v) is 13.6. The highest BCUT2D eigenvalue weighted by Crippen LogP contribution is 2.25. The number of aryl methyl sites for hydroxylation is 1. The van der Waals surface area contributed by atoms with Gasteiger partial charge in [-0.15, -0.1) is 0 Å². The number of piperidine rings is 1. The minimum Gasteiger partial charge on any atom is -0.356 e. The average molecular weight is 307 g/mol. The number of hydrogen-bond acceptors (Lipinski definition) is 4. The molecule has 0 bridgehead atoms. The first-order valence-corrected chi connectivity index (χ1v) is 8.23. The molecule has 0 saturated carbocycles. The number of aromatic nitrogens is 4. The fourth-order valence-electron chi connectivity index (χ4n) is 3.32. The van der Waals surface area contributed by atoms with Gasteiger partial charge < -0.3 is 4.90 Å². The summed E-state index contributed by atoms with van der Waals surface area (Å²) in [4.78, 5) is 16.0. The molecule has 1 aliphatic heterocycles. The third kappa shape index (κ3) is 2.67. The van der Waals surface area contributed by atoms with Crippen molar-refractivity contribution < 1.29 is 0 Å². The quantitative estimate of drug-likeness (QED) is 0.728. The number of hydrogen-bond donors (Lipinski definition) is 0. The molecule has 118 valence electrons. The van der Waals surface area contributed by atoms with Gasteiger partial charge in [0.05, 0.1) is 29.5 Å². The van der Waals surface area contributed by atoms with Crippen LogP contribution in [0.15, 0.2) is 36.8 Å². The van der Waals surface area contributed by atoms with E-state index in [-0.39, 0.29) is 0 Å². The van der Waals surface area contributed by atoms with Gasteiger partial charge in [-0.1, -0.05) is 13.0 Å². The summed E-state index contributed by atoms with van der Waals surface area (Å²) in [5.41, 5.74) is 3.79. The van der Waals surface area contributed by atoms with E-state index in [1.54, 1.807) is 6.20 Å². The normalized spacial score (nSPS) is 18.5. The Kier molecular flexibility index (Phi) is 3.48. The first-order chi connectivity index (χ1) is 11.2. The van der Waals surface area contributed by atoms with Gasteiger partial charge in [0.25, 0.3) is 0 Å². The number of nitrogens with zero attached hydrogens (tertiary/aromatic N) is 5. The topological polar surface area (TPSA) is 46.3 Å². The molecule has 0 amide bonds. The van der Waals surface area contributed by atoms with Crippen molar-refractivity contribution in [2.24, 2.45) is 5.92 Å². The third-order valence-corrected chi connectivity index (χ3v) is 4.50. The van der Waals surface area contributed by atoms with Crippen LogP contribution in [0.4, 0.5) is 5.82 Å². The fraction of sp³-hybridized carbons (Fsp3) is 0.389. The van der Waals surface area contributed by atoms with Gasteiger partial charge in [0.2, 0.25) is 0 Å². The minimum absolute atomic E-state index is 0.735. The molecule has 0 N–H and O–H groups in total. The first-order valence-electron chi connectivity index (χ1n) is 8.23. The molecule has 1 aliphatic rings. The van der Waals surface area contributed by atoms with Crippen molar-refractivity contribution in [1.29, 1.82) is 0 Å². The second-order valence-electron chi connectivity index (χ2n) is 6.47. The molecule has 1 unspecified atom stereocenters. The van der Waals surface area contributed by atoms with E-state index in [1.165, 1.54) is 12.8 Å². The smallest absolute Gasteiger partial charge is 0.155 e. The van der Waals surface area contributed by atoms with Crippen LogP contribution in [0.2, 0.25) is 0 Å². The lowest BCUT2D eigenvalue weighted by molar-refractivity contribution is 0.444. The Balaban J connectivity index is 1.74. The van der Waals surface area contributed by atoms with Gasteiger partial charge in [0.1, 0.15) is 5.82 Å². The number of pyridine rings is 1. The SMILES string of the molecule is Cc1cn2c(-c3cccc(N4CCCC(C)C4)n3)cnc2cn1. The fourth-order valence-corrected chi connectivity index (χ4v) is 3.32. The molecule has 5 nitrogen and oxygen atoms in total. The van der Waals surface area contributed by atoms with E-state index in [2.05, 4.69) is 44.4 Å². The summed E-state index contributed by atoms with van der Waals surface area (Å²) in [6.07, 6.45) is 8.24. The summed E-state index contributed by atoms with van der Waals surface area (Å²) in [7, 11) is 0. The van der Waals surface area contributed by atoms with E-state index in [9.17, 15) is 0 Å². The second-order valence-corrected chi connectivity index (χ2v) is 6.47. The van der Waals surface area contributed by atoms with Crippen LogP contribution in [0.3, 0.4) is 0 Å². The van der Waals surface area contributed by atoms with Crippen molar-refractivity contribution in [2.45, 2.75) is 26.7 Å². The Bertz CT molecular complexity index is 838. The van der Waals surface area contributed by atoms with Gasteiger partial charge in [-0.05, 0) is 37.8 Å². The van der Waals surface area contributed by atoms with Crippen LogP contribution in [0.5, 0.6) is 0 Å². The van der Waals surface area contributed by atoms with E-state index < -0.39 is 0 Å². The average Bonchev–Trinajstić information content (AvgIpc) is 2.98. The van der Waals surface area contributed by atoms with Gasteiger partial charge in [0, 0.05) is 19.3 Å². The largest absolute Gasteiger partial charge is 0.356 e. The maximum atomic E-state index is 4.90. The first kappa shape index (κ1) is 14.2. The molecule has 0 spiro atoms. The summed E-state index contributed by atoms with van der Waals surface area (Å²) in [6, 6.07) is 6.25. The van der Waals surface area contributed by atoms with Crippen molar-refractivity contribution in [3.63, 3.8) is 0 Å². The molecule has 3 aromatic rings. The zero-order chi connectivity index (χ0) is 15.8. The van der Waals surface area contributed by atoms with Gasteiger partial charge in [0.15, 0.2) is 5.65 Å². The molecule has 3 aromatic heterocycles. The molecule has 0 aliphatic carbocycles. The van der Waals surface area contributed by atoms with Crippen LogP contribution in [0.25, 0.3) is 17.0 Å². The molecule has 1 atom stereocenters. The number of anilines is 1. The molecule has 4 rings (SSSR count). The van der Waals surface area contributed by atoms with Crippen molar-refractivity contribution >= 4 is 11.5 Å². The summed E-state index contributed by atoms with van der Waals surface area (Å²) >= 11 is 0. The maximum Gasteiger partial charge on any atom is 0.155 e. The van der Waals surface area contributed by atoms with Crippen molar-refractivity contribution in [3.05, 3.63) is 42.5 Å². The summed E-state index contributed by atoms with van der Waals surface area (Å²) in [6.45, 7) is 6.49. The Hall–Kier alpha value is -2.43. The monoisotopic (exact) mass is 307 g/mol. The number of imidazole rings is 1. The Morgan fingerprint density at radius 2 is 2.09 bits per heavy atom. The van der Waals surface area contributed by atoms with Crippen LogP contribution in [0.1, 0.15) is 25.5 Å². The highest BCUT2D eigenvalue weighted by atomic mass is 15.2. The molecule has 1 saturated heterocycles. The molecule has 23 heavy (non-hydrogen) atoms. The molecule has 4 heterocycles. The van der Waals surface area contributed by atoms with Crippen LogP contribution in [-0.2, 0) is 0 Å². The van der Waals surface area contributed by atoms with E-state index >= 15 is 0 Å². The van der Waals surface area contributed by atoms with Crippen LogP contribution in [-0.4, -0.2) is 32.4 Å². The third-order valence-electron chi connectivity index (χ3n) is 4.50. The molecular formula is C18H21N5. The molecule has 0 aromatic carbocycles. The van der Waals surface area contributed by atoms with Gasteiger partial charge in [-0.25, -0.2) is 9.97 Å². The predicted molar refractivity (Wildman–Crippen MR) is 91.6 cm³/mol. The highest BCUT2D eigenvalue weighted by Gasteiger charge is 2.18. The Morgan fingerprint density at radius 1 is 1.17 bits per heavy atom. The zero-order valence-electron chi connectivity index (χ0n) is 13.6. The second kappa shape index (κ2) is 5.65. The number of rotatable bonds is 2. The summed E-state index contributed by atoms with van der Waals surface area (Å²) in [5.74, 6) is 1.80. The lowest BCUT2D eigenvalue weighted by atomic mass is 10.0. The van der Waals surface area contributed by atoms with Crippen molar-refractivity contribution in [3.8, 4) is 11.4 Å². The lowest BCUT2D eigenvalue weighted by Crippen LogP contribution is -2.34. The van der Waals surface area contributed by atoms with Gasteiger partial charge in [-0.3, -0.25) is 9.38 Å². The van der Waals surface area contributed by atoms with E-state index in [1.807, 2.05) is 19.3 Å². The van der Waals surface area contributed by atoms with Gasteiger partial charge >= 0.3 is 0 Å². The van der Waals surface area contributed by atoms with E-state index in [0.29, 0.717) is 0 Å². The highest BCUT2D eigenvalue weighted by molar-refractivity contribution is 5.62. The standard InChI is InChI=1S/C18H21N5/c1-13-5-4-8-22(11-13)17-7-3-6-15(21-17)16-9-20-18-10-19-14(2)12-23(16)18/h3,6-7,9-10,12-13H,4-5,8,11H2,1-2H3. The van der Waals surface area contributed by atoms with E-state index in [4.69, 9.17) is 4.98 Å². The van der Waals surface area contributed by atoms with Crippen LogP contribution >= 0.6 is 0 Å². The van der Waals surface area contributed by atoms with Crippen molar-refractivity contribution in [2.75, 3.05) is 18.0 Å². The lowest BCUT2D eigenvalue weighted by Gasteiger charge is -2.32. The minimum atomic E-state index is 0.735. The summed E-state index contributed by atoms with van der Waals surface area (Å²) in [5, 5.41) is 0. The van der Waals surface area contributed by atoms with Crippen LogP contribution in [0, 0.1) is 12.8 Å². The molecule has 5 heteroatoms. The molecule has 0 radical (unpaired) electrons.